The lowest BCUT2D eigenvalue weighted by Crippen LogP contribution is -1.78. The van der Waals surface area contributed by atoms with E-state index in [0.717, 1.165) is 11.6 Å². The van der Waals surface area contributed by atoms with Gasteiger partial charge in [-0.3, -0.25) is 0 Å². The van der Waals surface area contributed by atoms with Crippen LogP contribution < -0.4 is 0 Å². The van der Waals surface area contributed by atoms with Gasteiger partial charge in [-0.05, 0) is 6.92 Å². The molecule has 0 spiro atoms. The lowest BCUT2D eigenvalue weighted by atomic mass is 10.7. The van der Waals surface area contributed by atoms with Crippen molar-refractivity contribution in [1.29, 1.82) is 0 Å². The first kappa shape index (κ1) is 5.56. The maximum atomic E-state index is 5.41. The lowest BCUT2D eigenvalue weighted by molar-refractivity contribution is 1.01. The third-order valence-corrected chi connectivity index (χ3v) is 1.03. The van der Waals surface area contributed by atoms with Gasteiger partial charge in [-0.15, -0.1) is 21.8 Å². The number of halogens is 1. The second kappa shape index (κ2) is 2.13. The Balaban J connectivity index is 2.84. The average molecular weight is 132 g/mol. The number of H-pyrrole nitrogens is 1. The van der Waals surface area contributed by atoms with Crippen molar-refractivity contribution in [1.82, 2.24) is 15.2 Å². The smallest absolute Gasteiger partial charge is 0.145 e. The van der Waals surface area contributed by atoms with E-state index in [1.165, 1.54) is 0 Å². The van der Waals surface area contributed by atoms with Gasteiger partial charge in [0.1, 0.15) is 11.6 Å². The first-order valence-electron chi connectivity index (χ1n) is 2.27. The first-order chi connectivity index (χ1) is 3.83. The number of hydrogen-bond acceptors (Lipinski definition) is 2. The van der Waals surface area contributed by atoms with Crippen LogP contribution in [0.1, 0.15) is 11.6 Å². The topological polar surface area (TPSA) is 41.6 Å². The largest absolute Gasteiger partial charge is 0.328 e. The highest BCUT2D eigenvalue weighted by Gasteiger charge is 1.92. The number of aromatic nitrogens is 3. The molecule has 44 valence electrons. The summed E-state index contributed by atoms with van der Waals surface area (Å²) in [5.74, 6) is 1.94. The fraction of sp³-hybridized carbons (Fsp3) is 0.500. The monoisotopic (exact) mass is 131 g/mol. The van der Waals surface area contributed by atoms with Crippen molar-refractivity contribution in [3.8, 4) is 0 Å². The summed E-state index contributed by atoms with van der Waals surface area (Å²) in [7, 11) is 0. The lowest BCUT2D eigenvalue weighted by Gasteiger charge is -1.77. The van der Waals surface area contributed by atoms with E-state index in [1.54, 1.807) is 0 Å². The van der Waals surface area contributed by atoms with Crippen LogP contribution in [0.25, 0.3) is 0 Å². The molecule has 0 amide bonds. The van der Waals surface area contributed by atoms with E-state index >= 15 is 0 Å². The van der Waals surface area contributed by atoms with Crippen LogP contribution in [0, 0.1) is 6.92 Å². The highest BCUT2D eigenvalue weighted by Crippen LogP contribution is 1.93. The molecule has 1 heterocycles. The van der Waals surface area contributed by atoms with Gasteiger partial charge in [0.25, 0.3) is 0 Å². The van der Waals surface area contributed by atoms with Gasteiger partial charge < -0.3 is 4.98 Å². The molecule has 0 aliphatic carbocycles. The maximum absolute atomic E-state index is 5.41. The summed E-state index contributed by atoms with van der Waals surface area (Å²) in [5.41, 5.74) is 0. The van der Waals surface area contributed by atoms with Crippen LogP contribution in [-0.4, -0.2) is 15.2 Å². The van der Waals surface area contributed by atoms with Crippen molar-refractivity contribution in [3.05, 3.63) is 11.6 Å². The molecule has 0 saturated carbocycles. The van der Waals surface area contributed by atoms with Crippen molar-refractivity contribution >= 4 is 11.6 Å². The number of alkyl halides is 1. The van der Waals surface area contributed by atoms with E-state index in [-0.39, 0.29) is 0 Å². The molecule has 0 saturated heterocycles. The Hall–Kier alpha value is -0.570. The van der Waals surface area contributed by atoms with Crippen LogP contribution in [0.15, 0.2) is 0 Å². The quantitative estimate of drug-likeness (QED) is 0.575. The van der Waals surface area contributed by atoms with Crippen LogP contribution in [0.5, 0.6) is 0 Å². The Bertz CT molecular complexity index is 172. The number of rotatable bonds is 1. The van der Waals surface area contributed by atoms with Gasteiger partial charge >= 0.3 is 0 Å². The van der Waals surface area contributed by atoms with Crippen LogP contribution in [-0.2, 0) is 5.88 Å². The number of aryl methyl sites for hydroxylation is 1. The molecule has 0 aromatic carbocycles. The Morgan fingerprint density at radius 2 is 2.38 bits per heavy atom. The van der Waals surface area contributed by atoms with E-state index in [1.807, 2.05) is 6.92 Å². The van der Waals surface area contributed by atoms with E-state index in [9.17, 15) is 0 Å². The van der Waals surface area contributed by atoms with Gasteiger partial charge in [0, 0.05) is 0 Å². The highest BCUT2D eigenvalue weighted by molar-refractivity contribution is 6.16. The van der Waals surface area contributed by atoms with Gasteiger partial charge in [-0.2, -0.15) is 0 Å². The van der Waals surface area contributed by atoms with Crippen molar-refractivity contribution in [2.45, 2.75) is 12.8 Å². The summed E-state index contributed by atoms with van der Waals surface area (Å²) < 4.78 is 0. The molecule has 0 atom stereocenters. The summed E-state index contributed by atoms with van der Waals surface area (Å²) in [4.78, 5) is 2.87. The highest BCUT2D eigenvalue weighted by atomic mass is 35.5. The molecule has 0 aliphatic rings. The van der Waals surface area contributed by atoms with Crippen molar-refractivity contribution in [2.24, 2.45) is 0 Å². The molecule has 4 heteroatoms. The van der Waals surface area contributed by atoms with E-state index in [2.05, 4.69) is 15.2 Å². The zero-order valence-corrected chi connectivity index (χ0v) is 5.24. The van der Waals surface area contributed by atoms with Crippen molar-refractivity contribution in [3.63, 3.8) is 0 Å². The minimum Gasteiger partial charge on any atom is -0.328 e. The minimum atomic E-state index is 0.404. The molecule has 3 nitrogen and oxygen atoms in total. The van der Waals surface area contributed by atoms with Crippen LogP contribution in [0.4, 0.5) is 0 Å². The normalized spacial score (nSPS) is 9.75. The average Bonchev–Trinajstić information content (AvgIpc) is 2.14. The second-order valence-electron chi connectivity index (χ2n) is 1.49. The van der Waals surface area contributed by atoms with Crippen molar-refractivity contribution in [2.75, 3.05) is 0 Å². The SMILES string of the molecule is Cc1nnc(CCl)[nH]1. The fourth-order valence-electron chi connectivity index (χ4n) is 0.454. The first-order valence-corrected chi connectivity index (χ1v) is 2.80. The molecule has 0 unspecified atom stereocenters. The Morgan fingerprint density at radius 1 is 1.62 bits per heavy atom. The van der Waals surface area contributed by atoms with Gasteiger partial charge in [-0.1, -0.05) is 0 Å². The van der Waals surface area contributed by atoms with Gasteiger partial charge in [-0.25, -0.2) is 0 Å². The van der Waals surface area contributed by atoms with E-state index in [4.69, 9.17) is 11.6 Å². The third-order valence-electron chi connectivity index (χ3n) is 0.772. The summed E-state index contributed by atoms with van der Waals surface area (Å²) in [6.07, 6.45) is 0. The Morgan fingerprint density at radius 3 is 2.62 bits per heavy atom. The molecule has 8 heavy (non-hydrogen) atoms. The summed E-state index contributed by atoms with van der Waals surface area (Å²) in [5, 5.41) is 7.39. The number of nitrogens with one attached hydrogen (secondary N) is 1. The fourth-order valence-corrected chi connectivity index (χ4v) is 0.575. The minimum absolute atomic E-state index is 0.404. The van der Waals surface area contributed by atoms with E-state index in [0.29, 0.717) is 5.88 Å². The van der Waals surface area contributed by atoms with Crippen molar-refractivity contribution < 1.29 is 0 Å². The molecule has 0 fully saturated rings. The number of nitrogens with zero attached hydrogens (tertiary/aromatic N) is 2. The molecule has 0 bridgehead atoms. The molecule has 0 radical (unpaired) electrons. The maximum Gasteiger partial charge on any atom is 0.145 e. The predicted molar refractivity (Wildman–Crippen MR) is 30.7 cm³/mol. The molecular weight excluding hydrogens is 126 g/mol. The Labute approximate surface area is 52.1 Å². The number of aromatic amines is 1. The van der Waals surface area contributed by atoms with Crippen LogP contribution in [0.2, 0.25) is 0 Å². The van der Waals surface area contributed by atoms with Gasteiger partial charge in [0.05, 0.1) is 5.88 Å². The molecular formula is C4H6ClN3. The molecule has 1 aromatic heterocycles. The van der Waals surface area contributed by atoms with Gasteiger partial charge in [0.2, 0.25) is 0 Å². The summed E-state index contributed by atoms with van der Waals surface area (Å²) in [6, 6.07) is 0. The molecule has 1 aromatic rings. The molecule has 0 aliphatic heterocycles. The second-order valence-corrected chi connectivity index (χ2v) is 1.76. The van der Waals surface area contributed by atoms with Gasteiger partial charge in [0.15, 0.2) is 0 Å². The van der Waals surface area contributed by atoms with E-state index < -0.39 is 0 Å². The zero-order valence-electron chi connectivity index (χ0n) is 4.48. The summed E-state index contributed by atoms with van der Waals surface area (Å²) in [6.45, 7) is 1.84. The molecule has 1 rings (SSSR count). The zero-order chi connectivity index (χ0) is 5.98. The molecule has 1 N–H and O–H groups in total. The Kier molecular flexibility index (Phi) is 1.48. The standard InChI is InChI=1S/C4H6ClN3/c1-3-6-4(2-5)8-7-3/h2H2,1H3,(H,6,7,8). The summed E-state index contributed by atoms with van der Waals surface area (Å²) >= 11 is 5.41. The predicted octanol–water partition coefficient (Wildman–Crippen LogP) is 0.852. The van der Waals surface area contributed by atoms with Crippen LogP contribution >= 0.6 is 11.6 Å². The third kappa shape index (κ3) is 0.980. The number of hydrogen-bond donors (Lipinski definition) is 1. The van der Waals surface area contributed by atoms with Crippen LogP contribution in [0.3, 0.4) is 0 Å².